The van der Waals surface area contributed by atoms with Crippen molar-refractivity contribution in [3.63, 3.8) is 0 Å². The van der Waals surface area contributed by atoms with Gasteiger partial charge in [-0.1, -0.05) is 30.3 Å². The monoisotopic (exact) mass is 501 g/mol. The Morgan fingerprint density at radius 2 is 1.95 bits per heavy atom. The van der Waals surface area contributed by atoms with E-state index in [0.717, 1.165) is 5.56 Å². The highest BCUT2D eigenvalue weighted by Crippen LogP contribution is 2.27. The summed E-state index contributed by atoms with van der Waals surface area (Å²) in [5.41, 5.74) is 2.00. The van der Waals surface area contributed by atoms with Crippen LogP contribution < -0.4 is 10.2 Å². The van der Waals surface area contributed by atoms with E-state index in [0.29, 0.717) is 24.6 Å². The Bertz CT molecular complexity index is 1350. The predicted octanol–water partition coefficient (Wildman–Crippen LogP) is 4.26. The molecular weight excluding hydrogens is 473 g/mol. The van der Waals surface area contributed by atoms with Gasteiger partial charge in [-0.3, -0.25) is 9.78 Å². The Morgan fingerprint density at radius 3 is 2.68 bits per heavy atom. The van der Waals surface area contributed by atoms with Gasteiger partial charge in [0.1, 0.15) is 11.6 Å². The summed E-state index contributed by atoms with van der Waals surface area (Å²) in [6.07, 6.45) is 4.20. The second-order valence-electron chi connectivity index (χ2n) is 8.44. The summed E-state index contributed by atoms with van der Waals surface area (Å²) in [4.78, 5) is 28.2. The highest BCUT2D eigenvalue weighted by atomic mass is 19.1. The van der Waals surface area contributed by atoms with Crippen molar-refractivity contribution in [1.82, 2.24) is 20.3 Å². The van der Waals surface area contributed by atoms with Gasteiger partial charge >= 0.3 is 0 Å². The fourth-order valence-corrected chi connectivity index (χ4v) is 3.90. The van der Waals surface area contributed by atoms with Gasteiger partial charge in [-0.15, -0.1) is 0 Å². The normalized spacial score (nSPS) is 11.6. The van der Waals surface area contributed by atoms with Crippen LogP contribution in [0.1, 0.15) is 40.9 Å². The van der Waals surface area contributed by atoms with Crippen LogP contribution in [0.25, 0.3) is 11.3 Å². The van der Waals surface area contributed by atoms with Crippen molar-refractivity contribution in [3.05, 3.63) is 102 Å². The van der Waals surface area contributed by atoms with Gasteiger partial charge in [0.05, 0.1) is 17.4 Å². The number of benzene rings is 2. The zero-order chi connectivity index (χ0) is 26.2. The van der Waals surface area contributed by atoms with Crippen molar-refractivity contribution in [2.24, 2.45) is 0 Å². The lowest BCUT2D eigenvalue weighted by Gasteiger charge is -2.22. The number of hydrogen-bond donors (Lipinski definition) is 3. The summed E-state index contributed by atoms with van der Waals surface area (Å²) >= 11 is 0. The molecule has 0 saturated heterocycles. The van der Waals surface area contributed by atoms with Gasteiger partial charge in [-0.25, -0.2) is 14.4 Å². The lowest BCUT2D eigenvalue weighted by atomic mass is 10.0. The number of aliphatic hydroxyl groups excluding tert-OH is 1. The number of aromatic nitrogens is 3. The van der Waals surface area contributed by atoms with Crippen molar-refractivity contribution in [1.29, 1.82) is 0 Å². The molecule has 4 aromatic rings. The highest BCUT2D eigenvalue weighted by molar-refractivity contribution is 5.99. The smallest absolute Gasteiger partial charge is 0.255 e. The maximum absolute atomic E-state index is 14.8. The van der Waals surface area contributed by atoms with E-state index in [2.05, 4.69) is 20.3 Å². The first-order valence-corrected chi connectivity index (χ1v) is 12.0. The van der Waals surface area contributed by atoms with Crippen LogP contribution in [-0.4, -0.2) is 44.2 Å². The average molecular weight is 502 g/mol. The second kappa shape index (κ2) is 12.0. The number of anilines is 1. The molecule has 0 fully saturated rings. The first-order valence-electron chi connectivity index (χ1n) is 12.0. The molecule has 2 heterocycles. The second-order valence-corrected chi connectivity index (χ2v) is 8.44. The number of phenolic OH excluding ortho intramolecular Hbond substituents is 1. The molecule has 1 amide bonds. The van der Waals surface area contributed by atoms with Gasteiger partial charge in [0.15, 0.2) is 0 Å². The topological polar surface area (TPSA) is 111 Å². The molecule has 4 rings (SSSR count). The van der Waals surface area contributed by atoms with Gasteiger partial charge in [0.25, 0.3) is 5.91 Å². The molecule has 0 saturated carbocycles. The molecule has 2 aromatic carbocycles. The van der Waals surface area contributed by atoms with Crippen molar-refractivity contribution >= 4 is 11.9 Å². The van der Waals surface area contributed by atoms with E-state index in [1.54, 1.807) is 42.7 Å². The van der Waals surface area contributed by atoms with Crippen LogP contribution in [0.4, 0.5) is 10.3 Å². The molecule has 3 N–H and O–H groups in total. The number of halogens is 1. The molecule has 1 atom stereocenters. The minimum Gasteiger partial charge on any atom is -0.508 e. The number of carbonyl (C=O) groups excluding carboxylic acids is 1. The summed E-state index contributed by atoms with van der Waals surface area (Å²) in [5.74, 6) is -0.573. The Hall–Kier alpha value is -4.37. The number of amides is 1. The molecule has 0 aliphatic rings. The maximum atomic E-state index is 14.8. The zero-order valence-corrected chi connectivity index (χ0v) is 20.4. The lowest BCUT2D eigenvalue weighted by molar-refractivity contribution is 0.0942. The summed E-state index contributed by atoms with van der Waals surface area (Å²) in [6.45, 7) is 3.20. The number of nitrogens with one attached hydrogen (secondary N) is 1. The van der Waals surface area contributed by atoms with Crippen LogP contribution in [0.3, 0.4) is 0 Å². The Balaban J connectivity index is 1.56. The van der Waals surface area contributed by atoms with Crippen LogP contribution in [0.15, 0.2) is 79.3 Å². The molecule has 0 bridgehead atoms. The van der Waals surface area contributed by atoms with Gasteiger partial charge in [0, 0.05) is 43.8 Å². The first-order chi connectivity index (χ1) is 18.0. The van der Waals surface area contributed by atoms with E-state index in [1.807, 2.05) is 24.0 Å². The lowest BCUT2D eigenvalue weighted by Crippen LogP contribution is -2.28. The van der Waals surface area contributed by atoms with Crippen LogP contribution in [0.2, 0.25) is 0 Å². The van der Waals surface area contributed by atoms with Crippen LogP contribution in [-0.2, 0) is 6.54 Å². The standard InChI is InChI=1S/C28H28FN5O3/c1-2-34(18-19-7-6-13-30-16-19)28-32-17-23(26(33-28)22-10-3-4-11-24(22)29)27(37)31-14-12-25(36)20-8-5-9-21(35)15-20/h3-11,13,15-17,25,35-36H,2,12,14,18H2,1H3,(H,31,37). The molecule has 37 heavy (non-hydrogen) atoms. The Kier molecular flexibility index (Phi) is 8.37. The molecule has 0 aliphatic heterocycles. The predicted molar refractivity (Wildman–Crippen MR) is 138 cm³/mol. The number of nitrogens with zero attached hydrogens (tertiary/aromatic N) is 4. The van der Waals surface area contributed by atoms with E-state index < -0.39 is 17.8 Å². The fraction of sp³-hybridized carbons (Fsp3) is 0.214. The average Bonchev–Trinajstić information content (AvgIpc) is 2.92. The van der Waals surface area contributed by atoms with E-state index in [9.17, 15) is 19.4 Å². The highest BCUT2D eigenvalue weighted by Gasteiger charge is 2.21. The van der Waals surface area contributed by atoms with Crippen molar-refractivity contribution in [3.8, 4) is 17.0 Å². The summed E-state index contributed by atoms with van der Waals surface area (Å²) in [6, 6.07) is 16.3. The van der Waals surface area contributed by atoms with Gasteiger partial charge in [-0.05, 0) is 54.8 Å². The Labute approximate surface area is 214 Å². The molecule has 0 spiro atoms. The van der Waals surface area contributed by atoms with Crippen LogP contribution >= 0.6 is 0 Å². The third-order valence-corrected chi connectivity index (χ3v) is 5.87. The quantitative estimate of drug-likeness (QED) is 0.298. The fourth-order valence-electron chi connectivity index (χ4n) is 3.90. The SMILES string of the molecule is CCN(Cc1cccnc1)c1ncc(C(=O)NCCC(O)c2cccc(O)c2)c(-c2ccccc2F)n1. The number of rotatable bonds is 10. The number of aromatic hydroxyl groups is 1. The van der Waals surface area contributed by atoms with Crippen LogP contribution in [0, 0.1) is 5.82 Å². The van der Waals surface area contributed by atoms with E-state index in [4.69, 9.17) is 0 Å². The van der Waals surface area contributed by atoms with Crippen molar-refractivity contribution < 1.29 is 19.4 Å². The molecule has 190 valence electrons. The largest absolute Gasteiger partial charge is 0.508 e. The maximum Gasteiger partial charge on any atom is 0.255 e. The number of phenols is 1. The molecule has 9 heteroatoms. The van der Waals surface area contributed by atoms with E-state index in [-0.39, 0.29) is 35.5 Å². The minimum atomic E-state index is -0.873. The third kappa shape index (κ3) is 6.45. The molecule has 1 unspecified atom stereocenters. The van der Waals surface area contributed by atoms with Crippen LogP contribution in [0.5, 0.6) is 5.75 Å². The third-order valence-electron chi connectivity index (χ3n) is 5.87. The summed E-state index contributed by atoms with van der Waals surface area (Å²) in [7, 11) is 0. The van der Waals surface area contributed by atoms with Crippen molar-refractivity contribution in [2.45, 2.75) is 26.0 Å². The summed E-state index contributed by atoms with van der Waals surface area (Å²) < 4.78 is 14.8. The molecule has 0 aliphatic carbocycles. The minimum absolute atomic E-state index is 0.0528. The number of hydrogen-bond acceptors (Lipinski definition) is 7. The number of pyridine rings is 1. The number of aliphatic hydroxyl groups is 1. The van der Waals surface area contributed by atoms with E-state index >= 15 is 0 Å². The Morgan fingerprint density at radius 1 is 1.11 bits per heavy atom. The van der Waals surface area contributed by atoms with Gasteiger partial charge < -0.3 is 20.4 Å². The number of carbonyl (C=O) groups is 1. The zero-order valence-electron chi connectivity index (χ0n) is 20.4. The van der Waals surface area contributed by atoms with E-state index in [1.165, 1.54) is 24.4 Å². The van der Waals surface area contributed by atoms with Crippen molar-refractivity contribution in [2.75, 3.05) is 18.0 Å². The molecule has 8 nitrogen and oxygen atoms in total. The first kappa shape index (κ1) is 25.7. The molecule has 2 aromatic heterocycles. The molecule has 0 radical (unpaired) electrons. The van der Waals surface area contributed by atoms with Gasteiger partial charge in [0.2, 0.25) is 5.95 Å². The van der Waals surface area contributed by atoms with Gasteiger partial charge in [-0.2, -0.15) is 0 Å². The summed E-state index contributed by atoms with van der Waals surface area (Å²) in [5, 5.41) is 22.8. The molecular formula is C28H28FN5O3.